The number of hydrogen-bond acceptors (Lipinski definition) is 4. The predicted octanol–water partition coefficient (Wildman–Crippen LogP) is 6.21. The molecule has 0 aliphatic heterocycles. The molecule has 4 heteroatoms. The highest BCUT2D eigenvalue weighted by Crippen LogP contribution is 2.78. The van der Waals surface area contributed by atoms with E-state index in [0.717, 1.165) is 32.1 Å². The van der Waals surface area contributed by atoms with Crippen LogP contribution in [0.5, 0.6) is 5.75 Å². The van der Waals surface area contributed by atoms with Gasteiger partial charge in [0.2, 0.25) is 0 Å². The lowest BCUT2D eigenvalue weighted by Gasteiger charge is -2.57. The maximum Gasteiger partial charge on any atom is 0.313 e. The minimum absolute atomic E-state index is 0.0245. The van der Waals surface area contributed by atoms with Gasteiger partial charge in [-0.05, 0) is 91.9 Å². The molecule has 2 bridgehead atoms. The summed E-state index contributed by atoms with van der Waals surface area (Å²) in [5, 5.41) is 0. The Labute approximate surface area is 192 Å². The summed E-state index contributed by atoms with van der Waals surface area (Å²) in [7, 11) is 0. The molecule has 0 amide bonds. The molecule has 32 heavy (non-hydrogen) atoms. The zero-order chi connectivity index (χ0) is 22.9. The van der Waals surface area contributed by atoms with Crippen LogP contribution in [0.15, 0.2) is 18.2 Å². The number of hydrogen-bond donors (Lipinski definition) is 0. The van der Waals surface area contributed by atoms with Crippen molar-refractivity contribution in [3.63, 3.8) is 0 Å². The highest BCUT2D eigenvalue weighted by atomic mass is 16.6. The molecule has 0 N–H and O–H groups in total. The third-order valence-electron chi connectivity index (χ3n) is 9.90. The Morgan fingerprint density at radius 2 is 1.62 bits per heavy atom. The van der Waals surface area contributed by atoms with E-state index in [9.17, 15) is 9.59 Å². The minimum atomic E-state index is -0.255. The average molecular weight is 439 g/mol. The number of fused-ring (bicyclic) bond motifs is 3. The number of carbonyl (C=O) groups is 2. The maximum absolute atomic E-state index is 12.6. The van der Waals surface area contributed by atoms with Gasteiger partial charge in [0.05, 0.1) is 11.8 Å². The first-order chi connectivity index (χ1) is 15.1. The molecule has 0 spiro atoms. The summed E-state index contributed by atoms with van der Waals surface area (Å²) < 4.78 is 11.9. The molecule has 0 heterocycles. The van der Waals surface area contributed by atoms with Crippen LogP contribution in [0.2, 0.25) is 0 Å². The third-order valence-corrected chi connectivity index (χ3v) is 9.90. The molecule has 1 aromatic rings. The van der Waals surface area contributed by atoms with E-state index in [0.29, 0.717) is 17.6 Å². The molecule has 3 atom stereocenters. The van der Waals surface area contributed by atoms with Crippen molar-refractivity contribution in [3.8, 4) is 5.75 Å². The fourth-order valence-electron chi connectivity index (χ4n) is 8.09. The van der Waals surface area contributed by atoms with Gasteiger partial charge in [0.25, 0.3) is 0 Å². The summed E-state index contributed by atoms with van der Waals surface area (Å²) in [4.78, 5) is 24.7. The Balaban J connectivity index is 1.43. The highest BCUT2D eigenvalue weighted by Gasteiger charge is 2.75. The number of rotatable bonds is 4. The molecule has 4 aliphatic carbocycles. The lowest BCUT2D eigenvalue weighted by atomic mass is 9.48. The van der Waals surface area contributed by atoms with Crippen LogP contribution >= 0.6 is 0 Å². The Hall–Kier alpha value is -1.84. The van der Waals surface area contributed by atoms with E-state index < -0.39 is 0 Å². The molecule has 5 rings (SSSR count). The van der Waals surface area contributed by atoms with Gasteiger partial charge in [-0.2, -0.15) is 0 Å². The first-order valence-corrected chi connectivity index (χ1v) is 12.7. The van der Waals surface area contributed by atoms with Crippen LogP contribution in [-0.4, -0.2) is 17.5 Å². The van der Waals surface area contributed by atoms with Crippen LogP contribution in [0.1, 0.15) is 96.6 Å². The van der Waals surface area contributed by atoms with Crippen molar-refractivity contribution in [3.05, 3.63) is 29.3 Å². The normalized spacial score (nSPS) is 37.1. The van der Waals surface area contributed by atoms with Gasteiger partial charge in [-0.15, -0.1) is 0 Å². The van der Waals surface area contributed by atoms with Crippen LogP contribution in [0, 0.1) is 28.6 Å². The van der Waals surface area contributed by atoms with Crippen molar-refractivity contribution in [2.45, 2.75) is 97.5 Å². The van der Waals surface area contributed by atoms with Gasteiger partial charge in [0, 0.05) is 5.41 Å². The summed E-state index contributed by atoms with van der Waals surface area (Å²) in [5.74, 6) is 1.51. The second kappa shape index (κ2) is 7.33. The number of benzene rings is 1. The monoisotopic (exact) mass is 438 g/mol. The van der Waals surface area contributed by atoms with Crippen molar-refractivity contribution in [1.82, 2.24) is 0 Å². The average Bonchev–Trinajstić information content (AvgIpc) is 3.16. The zero-order valence-electron chi connectivity index (χ0n) is 20.3. The summed E-state index contributed by atoms with van der Waals surface area (Å²) in [5.41, 5.74) is 2.94. The standard InChI is InChI=1S/C28H38O4/c1-17(2)24(29)31-20-7-8-21-19(16-20)6-9-23-22(21)10-11-26(5)27(23)12-14-28(26,15-13-27)32-25(30)18(3)4/h7-8,16-18,22-23H,6,9-15H2,1-5H3/t22-,23-,26+,27-,28+/m1/s1. The Morgan fingerprint density at radius 1 is 0.938 bits per heavy atom. The molecular formula is C28H38O4. The zero-order valence-corrected chi connectivity index (χ0v) is 20.3. The van der Waals surface area contributed by atoms with Crippen molar-refractivity contribution >= 4 is 11.9 Å². The molecule has 1 aromatic carbocycles. The van der Waals surface area contributed by atoms with Gasteiger partial charge >= 0.3 is 11.9 Å². The second-order valence-corrected chi connectivity index (χ2v) is 11.8. The van der Waals surface area contributed by atoms with E-state index >= 15 is 0 Å². The first-order valence-electron chi connectivity index (χ1n) is 12.7. The summed E-state index contributed by atoms with van der Waals surface area (Å²) >= 11 is 0. The summed E-state index contributed by atoms with van der Waals surface area (Å²) in [6, 6.07) is 6.32. The molecule has 4 aliphatic rings. The quantitative estimate of drug-likeness (QED) is 0.414. The molecule has 0 unspecified atom stereocenters. The van der Waals surface area contributed by atoms with Crippen LogP contribution in [-0.2, 0) is 20.7 Å². The molecule has 4 nitrogen and oxygen atoms in total. The van der Waals surface area contributed by atoms with E-state index in [2.05, 4.69) is 19.1 Å². The maximum atomic E-state index is 12.6. The number of esters is 2. The van der Waals surface area contributed by atoms with Crippen LogP contribution in [0.3, 0.4) is 0 Å². The summed E-state index contributed by atoms with van der Waals surface area (Å²) in [6.07, 6.45) is 8.95. The Morgan fingerprint density at radius 3 is 2.28 bits per heavy atom. The van der Waals surface area contributed by atoms with Crippen molar-refractivity contribution < 1.29 is 19.1 Å². The first kappa shape index (κ1) is 22.0. The van der Waals surface area contributed by atoms with E-state index in [1.165, 1.54) is 30.4 Å². The topological polar surface area (TPSA) is 52.6 Å². The molecule has 3 fully saturated rings. The lowest BCUT2D eigenvalue weighted by Crippen LogP contribution is -2.53. The van der Waals surface area contributed by atoms with Gasteiger partial charge in [-0.1, -0.05) is 40.7 Å². The molecule has 3 saturated carbocycles. The highest BCUT2D eigenvalue weighted by molar-refractivity contribution is 5.74. The fraction of sp³-hybridized carbons (Fsp3) is 0.714. The van der Waals surface area contributed by atoms with E-state index in [1.54, 1.807) is 0 Å². The van der Waals surface area contributed by atoms with Crippen molar-refractivity contribution in [2.24, 2.45) is 28.6 Å². The van der Waals surface area contributed by atoms with Crippen LogP contribution in [0.25, 0.3) is 0 Å². The molecule has 0 radical (unpaired) electrons. The smallest absolute Gasteiger partial charge is 0.313 e. The summed E-state index contributed by atoms with van der Waals surface area (Å²) in [6.45, 7) is 10.1. The number of ether oxygens (including phenoxy) is 2. The van der Waals surface area contributed by atoms with Crippen LogP contribution in [0.4, 0.5) is 0 Å². The second-order valence-electron chi connectivity index (χ2n) is 11.8. The third kappa shape index (κ3) is 2.86. The van der Waals surface area contributed by atoms with Crippen molar-refractivity contribution in [2.75, 3.05) is 0 Å². The van der Waals surface area contributed by atoms with Gasteiger partial charge in [-0.3, -0.25) is 9.59 Å². The van der Waals surface area contributed by atoms with E-state index in [4.69, 9.17) is 9.47 Å². The van der Waals surface area contributed by atoms with Crippen LogP contribution < -0.4 is 4.74 Å². The van der Waals surface area contributed by atoms with Crippen molar-refractivity contribution in [1.29, 1.82) is 0 Å². The van der Waals surface area contributed by atoms with E-state index in [-0.39, 0.29) is 40.2 Å². The minimum Gasteiger partial charge on any atom is -0.458 e. The largest absolute Gasteiger partial charge is 0.458 e. The molecule has 0 saturated heterocycles. The van der Waals surface area contributed by atoms with E-state index in [1.807, 2.05) is 33.8 Å². The van der Waals surface area contributed by atoms with Gasteiger partial charge in [-0.25, -0.2) is 0 Å². The molecule has 174 valence electrons. The SMILES string of the molecule is CC(C)C(=O)Oc1ccc2c(c1)CC[C@@H]1[C@@H]2CC[C@]2(C)[C@]3(OC(=O)C(C)C)CC[C@@]12CC3. The molecular weight excluding hydrogens is 400 g/mol. The number of carbonyl (C=O) groups excluding carboxylic acids is 2. The van der Waals surface area contributed by atoms with Gasteiger partial charge in [0.1, 0.15) is 11.4 Å². The lowest BCUT2D eigenvalue weighted by molar-refractivity contribution is -0.180. The molecule has 0 aromatic heterocycles. The number of aryl methyl sites for hydroxylation is 1. The fourth-order valence-corrected chi connectivity index (χ4v) is 8.09. The Bertz CT molecular complexity index is 937. The Kier molecular flexibility index (Phi) is 5.04. The van der Waals surface area contributed by atoms with Gasteiger partial charge < -0.3 is 9.47 Å². The predicted molar refractivity (Wildman–Crippen MR) is 123 cm³/mol. The van der Waals surface area contributed by atoms with Gasteiger partial charge in [0.15, 0.2) is 0 Å².